The Bertz CT molecular complexity index is 533. The third-order valence-corrected chi connectivity index (χ3v) is 5.55. The summed E-state index contributed by atoms with van der Waals surface area (Å²) in [6.45, 7) is 8.61. The van der Waals surface area contributed by atoms with Crippen LogP contribution in [-0.2, 0) is 0 Å². The summed E-state index contributed by atoms with van der Waals surface area (Å²) in [4.78, 5) is 0. The van der Waals surface area contributed by atoms with Gasteiger partial charge in [0.25, 0.3) is 0 Å². The second-order valence-electron chi connectivity index (χ2n) is 7.04. The number of aliphatic hydroxyl groups is 1. The fourth-order valence-corrected chi connectivity index (χ4v) is 3.64. The summed E-state index contributed by atoms with van der Waals surface area (Å²) in [7, 11) is 0. The van der Waals surface area contributed by atoms with Gasteiger partial charge in [-0.15, -0.1) is 0 Å². The SMILES string of the molecule is Cc1cccc(C(O)C2(C#N)CCC(C(C)C)CC2)c1C. The van der Waals surface area contributed by atoms with E-state index in [1.165, 1.54) is 5.56 Å². The molecule has 1 saturated carbocycles. The standard InChI is InChI=1S/C19H27NO/c1-13(2)16-8-10-19(12-20,11-9-16)18(21)17-7-5-6-14(3)15(17)4/h5-7,13,16,18,21H,8-11H2,1-4H3. The van der Waals surface area contributed by atoms with Crippen LogP contribution in [0.4, 0.5) is 0 Å². The van der Waals surface area contributed by atoms with Gasteiger partial charge in [0.05, 0.1) is 17.6 Å². The lowest BCUT2D eigenvalue weighted by Crippen LogP contribution is -2.34. The summed E-state index contributed by atoms with van der Waals surface area (Å²) in [5.41, 5.74) is 2.62. The molecule has 1 aliphatic carbocycles. The van der Waals surface area contributed by atoms with Crippen molar-refractivity contribution in [1.29, 1.82) is 5.26 Å². The molecule has 2 heteroatoms. The Morgan fingerprint density at radius 1 is 1.24 bits per heavy atom. The molecule has 21 heavy (non-hydrogen) atoms. The Morgan fingerprint density at radius 3 is 2.38 bits per heavy atom. The second kappa shape index (κ2) is 6.20. The Balaban J connectivity index is 2.26. The van der Waals surface area contributed by atoms with Gasteiger partial charge in [-0.25, -0.2) is 0 Å². The van der Waals surface area contributed by atoms with Gasteiger partial charge in [0, 0.05) is 0 Å². The largest absolute Gasteiger partial charge is 0.387 e. The molecule has 0 radical (unpaired) electrons. The molecule has 0 heterocycles. The lowest BCUT2D eigenvalue weighted by atomic mass is 9.64. The first kappa shape index (κ1) is 16.0. The summed E-state index contributed by atoms with van der Waals surface area (Å²) in [6, 6.07) is 8.48. The van der Waals surface area contributed by atoms with Crippen molar-refractivity contribution in [3.05, 3.63) is 34.9 Å². The van der Waals surface area contributed by atoms with E-state index < -0.39 is 11.5 Å². The zero-order chi connectivity index (χ0) is 15.6. The van der Waals surface area contributed by atoms with Crippen LogP contribution in [0, 0.1) is 42.4 Å². The van der Waals surface area contributed by atoms with E-state index in [-0.39, 0.29) is 0 Å². The molecule has 0 saturated heterocycles. The highest BCUT2D eigenvalue weighted by molar-refractivity contribution is 5.36. The van der Waals surface area contributed by atoms with Crippen LogP contribution in [0.5, 0.6) is 0 Å². The fraction of sp³-hybridized carbons (Fsp3) is 0.632. The number of aryl methyl sites for hydroxylation is 1. The number of benzene rings is 1. The zero-order valence-corrected chi connectivity index (χ0v) is 13.7. The third-order valence-electron chi connectivity index (χ3n) is 5.55. The minimum Gasteiger partial charge on any atom is -0.387 e. The highest BCUT2D eigenvalue weighted by Gasteiger charge is 2.43. The van der Waals surface area contributed by atoms with Gasteiger partial charge in [-0.2, -0.15) is 5.26 Å². The first-order chi connectivity index (χ1) is 9.91. The van der Waals surface area contributed by atoms with Crippen LogP contribution in [0.25, 0.3) is 0 Å². The van der Waals surface area contributed by atoms with E-state index in [1.54, 1.807) is 0 Å². The number of hydrogen-bond acceptors (Lipinski definition) is 2. The Hall–Kier alpha value is -1.33. The van der Waals surface area contributed by atoms with Crippen molar-refractivity contribution in [3.63, 3.8) is 0 Å². The fourth-order valence-electron chi connectivity index (χ4n) is 3.64. The number of nitriles is 1. The van der Waals surface area contributed by atoms with E-state index in [4.69, 9.17) is 0 Å². The highest BCUT2D eigenvalue weighted by Crippen LogP contribution is 2.49. The average Bonchev–Trinajstić information content (AvgIpc) is 2.49. The van der Waals surface area contributed by atoms with Crippen LogP contribution >= 0.6 is 0 Å². The predicted molar refractivity (Wildman–Crippen MR) is 85.7 cm³/mol. The Kier molecular flexibility index (Phi) is 4.74. The molecule has 1 fully saturated rings. The van der Waals surface area contributed by atoms with Crippen LogP contribution in [0.1, 0.15) is 62.3 Å². The van der Waals surface area contributed by atoms with E-state index in [1.807, 2.05) is 19.1 Å². The van der Waals surface area contributed by atoms with Gasteiger partial charge in [0.15, 0.2) is 0 Å². The molecule has 1 unspecified atom stereocenters. The van der Waals surface area contributed by atoms with E-state index >= 15 is 0 Å². The predicted octanol–water partition coefficient (Wildman–Crippen LogP) is 4.69. The summed E-state index contributed by atoms with van der Waals surface area (Å²) in [6.07, 6.45) is 3.04. The third kappa shape index (κ3) is 2.99. The lowest BCUT2D eigenvalue weighted by molar-refractivity contribution is 0.0186. The highest BCUT2D eigenvalue weighted by atomic mass is 16.3. The topological polar surface area (TPSA) is 44.0 Å². The first-order valence-electron chi connectivity index (χ1n) is 8.06. The first-order valence-corrected chi connectivity index (χ1v) is 8.06. The molecule has 1 aliphatic rings. The molecule has 0 bridgehead atoms. The number of rotatable bonds is 3. The normalized spacial score (nSPS) is 27.4. The summed E-state index contributed by atoms with van der Waals surface area (Å²) >= 11 is 0. The van der Waals surface area contributed by atoms with E-state index in [0.29, 0.717) is 11.8 Å². The maximum atomic E-state index is 10.9. The van der Waals surface area contributed by atoms with Crippen molar-refractivity contribution < 1.29 is 5.11 Å². The molecular formula is C19H27NO. The van der Waals surface area contributed by atoms with Gasteiger partial charge < -0.3 is 5.11 Å². The molecule has 1 atom stereocenters. The molecular weight excluding hydrogens is 258 g/mol. The van der Waals surface area contributed by atoms with Gasteiger partial charge in [0.2, 0.25) is 0 Å². The summed E-state index contributed by atoms with van der Waals surface area (Å²) in [5, 5.41) is 20.7. The van der Waals surface area contributed by atoms with Crippen LogP contribution in [0.3, 0.4) is 0 Å². The van der Waals surface area contributed by atoms with Crippen molar-refractivity contribution >= 4 is 0 Å². The Labute approximate surface area is 128 Å². The van der Waals surface area contributed by atoms with Gasteiger partial charge in [-0.1, -0.05) is 32.0 Å². The van der Waals surface area contributed by atoms with Crippen molar-refractivity contribution in [2.24, 2.45) is 17.3 Å². The minimum absolute atomic E-state index is 0.607. The molecule has 0 aliphatic heterocycles. The zero-order valence-electron chi connectivity index (χ0n) is 13.7. The molecule has 2 nitrogen and oxygen atoms in total. The van der Waals surface area contributed by atoms with E-state index in [9.17, 15) is 10.4 Å². The van der Waals surface area contributed by atoms with Crippen LogP contribution in [0.2, 0.25) is 0 Å². The maximum absolute atomic E-state index is 10.9. The molecule has 1 N–H and O–H groups in total. The number of hydrogen-bond donors (Lipinski definition) is 1. The van der Waals surface area contributed by atoms with Crippen molar-refractivity contribution in [2.75, 3.05) is 0 Å². The molecule has 114 valence electrons. The van der Waals surface area contributed by atoms with Crippen LogP contribution in [0.15, 0.2) is 18.2 Å². The van der Waals surface area contributed by atoms with E-state index in [0.717, 1.165) is 36.8 Å². The minimum atomic E-state index is -0.671. The van der Waals surface area contributed by atoms with Gasteiger partial charge in [0.1, 0.15) is 0 Å². The molecule has 1 aromatic carbocycles. The van der Waals surface area contributed by atoms with Crippen LogP contribution in [-0.4, -0.2) is 5.11 Å². The number of aliphatic hydroxyl groups excluding tert-OH is 1. The second-order valence-corrected chi connectivity index (χ2v) is 7.04. The molecule has 0 amide bonds. The van der Waals surface area contributed by atoms with E-state index in [2.05, 4.69) is 32.9 Å². The van der Waals surface area contributed by atoms with Crippen LogP contribution < -0.4 is 0 Å². The lowest BCUT2D eigenvalue weighted by Gasteiger charge is -2.40. The van der Waals surface area contributed by atoms with Crippen molar-refractivity contribution in [1.82, 2.24) is 0 Å². The van der Waals surface area contributed by atoms with Crippen molar-refractivity contribution in [2.45, 2.75) is 59.5 Å². The smallest absolute Gasteiger partial charge is 0.0978 e. The van der Waals surface area contributed by atoms with Gasteiger partial charge in [-0.3, -0.25) is 0 Å². The molecule has 1 aromatic rings. The molecule has 0 spiro atoms. The van der Waals surface area contributed by atoms with Gasteiger partial charge in [-0.05, 0) is 68.1 Å². The Morgan fingerprint density at radius 2 is 1.86 bits per heavy atom. The van der Waals surface area contributed by atoms with Crippen molar-refractivity contribution in [3.8, 4) is 6.07 Å². The maximum Gasteiger partial charge on any atom is 0.0978 e. The number of nitrogens with zero attached hydrogens (tertiary/aromatic N) is 1. The summed E-state index contributed by atoms with van der Waals surface area (Å²) in [5.74, 6) is 1.36. The summed E-state index contributed by atoms with van der Waals surface area (Å²) < 4.78 is 0. The average molecular weight is 285 g/mol. The molecule has 0 aromatic heterocycles. The van der Waals surface area contributed by atoms with Gasteiger partial charge >= 0.3 is 0 Å². The molecule has 2 rings (SSSR count). The monoisotopic (exact) mass is 285 g/mol. The quantitative estimate of drug-likeness (QED) is 0.875.